The number of nitrogens with one attached hydrogen (secondary N) is 1. The number of thiophene rings is 1. The molecule has 0 amide bonds. The number of aryl methyl sites for hydroxylation is 2. The Balaban J connectivity index is 1.88. The van der Waals surface area contributed by atoms with Crippen LogP contribution in [0.15, 0.2) is 30.3 Å². The molecule has 2 heteroatoms. The lowest BCUT2D eigenvalue weighted by Crippen LogP contribution is -2.03. The van der Waals surface area contributed by atoms with Crippen molar-refractivity contribution in [2.24, 2.45) is 0 Å². The van der Waals surface area contributed by atoms with Gasteiger partial charge in [-0.3, -0.25) is 0 Å². The maximum atomic E-state index is 3.67. The van der Waals surface area contributed by atoms with Crippen molar-refractivity contribution in [1.82, 2.24) is 0 Å². The van der Waals surface area contributed by atoms with Crippen LogP contribution in [0, 0.1) is 6.92 Å². The third-order valence-corrected chi connectivity index (χ3v) is 4.82. The van der Waals surface area contributed by atoms with Crippen molar-refractivity contribution in [3.05, 3.63) is 51.2 Å². The average Bonchev–Trinajstić information content (AvgIpc) is 2.95. The van der Waals surface area contributed by atoms with Gasteiger partial charge in [0.1, 0.15) is 0 Å². The minimum absolute atomic E-state index is 0.483. The van der Waals surface area contributed by atoms with Gasteiger partial charge in [0.2, 0.25) is 0 Å². The van der Waals surface area contributed by atoms with Gasteiger partial charge in [0.05, 0.1) is 6.04 Å². The first-order valence-electron chi connectivity index (χ1n) is 6.21. The zero-order chi connectivity index (χ0) is 11.8. The summed E-state index contributed by atoms with van der Waals surface area (Å²) in [6, 6.07) is 11.6. The second-order valence-corrected chi connectivity index (χ2v) is 5.87. The van der Waals surface area contributed by atoms with Crippen molar-refractivity contribution >= 4 is 17.0 Å². The molecule has 0 bridgehead atoms. The summed E-state index contributed by atoms with van der Waals surface area (Å²) in [6.45, 7) is 4.40. The van der Waals surface area contributed by atoms with Crippen LogP contribution in [-0.2, 0) is 12.8 Å². The Hall–Kier alpha value is -1.28. The predicted molar refractivity (Wildman–Crippen MR) is 74.9 cm³/mol. The first-order chi connectivity index (χ1) is 8.28. The Morgan fingerprint density at radius 3 is 2.88 bits per heavy atom. The smallest absolute Gasteiger partial charge is 0.0647 e. The van der Waals surface area contributed by atoms with Gasteiger partial charge in [-0.05, 0) is 43.0 Å². The van der Waals surface area contributed by atoms with Gasteiger partial charge in [-0.15, -0.1) is 11.3 Å². The number of anilines is 1. The Morgan fingerprint density at radius 1 is 1.29 bits per heavy atom. The fourth-order valence-corrected chi connectivity index (χ4v) is 3.50. The highest BCUT2D eigenvalue weighted by Gasteiger charge is 2.23. The lowest BCUT2D eigenvalue weighted by Gasteiger charge is -2.09. The van der Waals surface area contributed by atoms with E-state index >= 15 is 0 Å². The maximum absolute atomic E-state index is 3.67. The van der Waals surface area contributed by atoms with Crippen LogP contribution in [0.2, 0.25) is 0 Å². The van der Waals surface area contributed by atoms with Crippen molar-refractivity contribution in [1.29, 1.82) is 0 Å². The highest BCUT2D eigenvalue weighted by atomic mass is 32.1. The van der Waals surface area contributed by atoms with E-state index in [9.17, 15) is 0 Å². The van der Waals surface area contributed by atoms with Crippen molar-refractivity contribution in [2.45, 2.75) is 32.7 Å². The lowest BCUT2D eigenvalue weighted by atomic mass is 10.1. The minimum atomic E-state index is 0.483. The third kappa shape index (κ3) is 1.87. The SMILES string of the molecule is CCc1ccc(C2Cc3cccc(C)c3N2)s1. The van der Waals surface area contributed by atoms with Gasteiger partial charge in [-0.2, -0.15) is 0 Å². The van der Waals surface area contributed by atoms with Crippen molar-refractivity contribution in [3.8, 4) is 0 Å². The van der Waals surface area contributed by atoms with E-state index in [4.69, 9.17) is 0 Å². The van der Waals surface area contributed by atoms with Crippen LogP contribution in [-0.4, -0.2) is 0 Å². The number of fused-ring (bicyclic) bond motifs is 1. The fourth-order valence-electron chi connectivity index (χ4n) is 2.49. The van der Waals surface area contributed by atoms with Crippen LogP contribution < -0.4 is 5.32 Å². The van der Waals surface area contributed by atoms with E-state index < -0.39 is 0 Å². The highest BCUT2D eigenvalue weighted by molar-refractivity contribution is 7.12. The molecule has 2 heterocycles. The molecular formula is C15H17NS. The normalized spacial score (nSPS) is 17.9. The zero-order valence-corrected chi connectivity index (χ0v) is 11.1. The summed E-state index contributed by atoms with van der Waals surface area (Å²) in [7, 11) is 0. The Bertz CT molecular complexity index is 542. The molecule has 88 valence electrons. The van der Waals surface area contributed by atoms with Crippen LogP contribution in [0.5, 0.6) is 0 Å². The monoisotopic (exact) mass is 243 g/mol. The largest absolute Gasteiger partial charge is 0.377 e. The molecule has 1 N–H and O–H groups in total. The Kier molecular flexibility index (Phi) is 2.67. The topological polar surface area (TPSA) is 12.0 Å². The van der Waals surface area contributed by atoms with Crippen molar-refractivity contribution in [2.75, 3.05) is 5.32 Å². The Morgan fingerprint density at radius 2 is 2.18 bits per heavy atom. The average molecular weight is 243 g/mol. The van der Waals surface area contributed by atoms with Crippen LogP contribution in [0.3, 0.4) is 0 Å². The van der Waals surface area contributed by atoms with E-state index in [1.807, 2.05) is 11.3 Å². The summed E-state index contributed by atoms with van der Waals surface area (Å²) in [5.41, 5.74) is 4.17. The Labute approximate surface area is 106 Å². The summed E-state index contributed by atoms with van der Waals surface area (Å²) in [6.07, 6.45) is 2.27. The molecule has 0 aliphatic carbocycles. The second-order valence-electron chi connectivity index (χ2n) is 4.67. The third-order valence-electron chi connectivity index (χ3n) is 3.48. The molecule has 1 aliphatic heterocycles. The maximum Gasteiger partial charge on any atom is 0.0647 e. The van der Waals surface area contributed by atoms with Crippen molar-refractivity contribution in [3.63, 3.8) is 0 Å². The summed E-state index contributed by atoms with van der Waals surface area (Å²) in [5, 5.41) is 3.67. The van der Waals surface area contributed by atoms with Crippen LogP contribution >= 0.6 is 11.3 Å². The molecule has 17 heavy (non-hydrogen) atoms. The summed E-state index contributed by atoms with van der Waals surface area (Å²) >= 11 is 1.94. The quantitative estimate of drug-likeness (QED) is 0.828. The standard InChI is InChI=1S/C15H17NS/c1-3-12-7-8-14(17-12)13-9-11-6-4-5-10(2)15(11)16-13/h4-8,13,16H,3,9H2,1-2H3. The van der Waals surface area contributed by atoms with Crippen LogP contribution in [0.4, 0.5) is 5.69 Å². The summed E-state index contributed by atoms with van der Waals surface area (Å²) in [4.78, 5) is 2.95. The second kappa shape index (κ2) is 4.19. The molecule has 1 nitrogen and oxygen atoms in total. The molecule has 0 spiro atoms. The minimum Gasteiger partial charge on any atom is -0.377 e. The molecule has 0 fully saturated rings. The van der Waals surface area contributed by atoms with E-state index in [2.05, 4.69) is 49.5 Å². The van der Waals surface area contributed by atoms with E-state index in [0.717, 1.165) is 12.8 Å². The number of hydrogen-bond acceptors (Lipinski definition) is 2. The van der Waals surface area contributed by atoms with E-state index in [1.165, 1.54) is 26.6 Å². The fraction of sp³-hybridized carbons (Fsp3) is 0.333. The van der Waals surface area contributed by atoms with Gasteiger partial charge in [0.15, 0.2) is 0 Å². The molecule has 2 aromatic rings. The first kappa shape index (κ1) is 10.8. The van der Waals surface area contributed by atoms with Crippen molar-refractivity contribution < 1.29 is 0 Å². The van der Waals surface area contributed by atoms with Crippen LogP contribution in [0.25, 0.3) is 0 Å². The first-order valence-corrected chi connectivity index (χ1v) is 7.03. The van der Waals surface area contributed by atoms with Gasteiger partial charge >= 0.3 is 0 Å². The molecule has 1 aromatic carbocycles. The summed E-state index contributed by atoms with van der Waals surface area (Å²) < 4.78 is 0. The van der Waals surface area contributed by atoms with Gasteiger partial charge in [0.25, 0.3) is 0 Å². The molecule has 0 saturated heterocycles. The number of benzene rings is 1. The molecule has 0 saturated carbocycles. The molecule has 1 atom stereocenters. The van der Waals surface area contributed by atoms with Gasteiger partial charge in [-0.1, -0.05) is 25.1 Å². The number of para-hydroxylation sites is 1. The van der Waals surface area contributed by atoms with Crippen LogP contribution in [0.1, 0.15) is 33.8 Å². The number of hydrogen-bond donors (Lipinski definition) is 1. The van der Waals surface area contributed by atoms with E-state index in [-0.39, 0.29) is 0 Å². The molecular weight excluding hydrogens is 226 g/mol. The summed E-state index contributed by atoms with van der Waals surface area (Å²) in [5.74, 6) is 0. The number of rotatable bonds is 2. The highest BCUT2D eigenvalue weighted by Crippen LogP contribution is 2.38. The predicted octanol–water partition coefficient (Wildman–Crippen LogP) is 4.33. The van der Waals surface area contributed by atoms with E-state index in [0.29, 0.717) is 6.04 Å². The molecule has 3 rings (SSSR count). The molecule has 1 aliphatic rings. The molecule has 1 aromatic heterocycles. The molecule has 1 unspecified atom stereocenters. The van der Waals surface area contributed by atoms with Gasteiger partial charge in [0, 0.05) is 15.4 Å². The van der Waals surface area contributed by atoms with E-state index in [1.54, 1.807) is 0 Å². The van der Waals surface area contributed by atoms with Gasteiger partial charge in [-0.25, -0.2) is 0 Å². The lowest BCUT2D eigenvalue weighted by molar-refractivity contribution is 0.843. The van der Waals surface area contributed by atoms with Gasteiger partial charge < -0.3 is 5.32 Å². The zero-order valence-electron chi connectivity index (χ0n) is 10.3. The molecule has 0 radical (unpaired) electrons.